The molecular formula is C11H9IN2OS. The summed E-state index contributed by atoms with van der Waals surface area (Å²) in [7, 11) is 0. The van der Waals surface area contributed by atoms with Crippen LogP contribution in [0.2, 0.25) is 0 Å². The fraction of sp³-hybridized carbons (Fsp3) is 0.0909. The zero-order valence-electron chi connectivity index (χ0n) is 8.31. The first-order chi connectivity index (χ1) is 7.75. The average Bonchev–Trinajstić information content (AvgIpc) is 2.80. The summed E-state index contributed by atoms with van der Waals surface area (Å²) in [6, 6.07) is 7.58. The van der Waals surface area contributed by atoms with Crippen LogP contribution in [0.25, 0.3) is 0 Å². The molecule has 0 radical (unpaired) electrons. The molecule has 0 unspecified atom stereocenters. The van der Waals surface area contributed by atoms with Crippen molar-refractivity contribution in [2.45, 2.75) is 5.16 Å². The molecule has 0 saturated carbocycles. The van der Waals surface area contributed by atoms with E-state index in [0.29, 0.717) is 5.75 Å². The molecule has 0 aliphatic rings. The number of imidazole rings is 1. The molecule has 1 aromatic carbocycles. The number of rotatable bonds is 4. The first kappa shape index (κ1) is 11.7. The van der Waals surface area contributed by atoms with Crippen LogP contribution >= 0.6 is 34.4 Å². The van der Waals surface area contributed by atoms with Crippen LogP contribution in [0.5, 0.6) is 0 Å². The van der Waals surface area contributed by atoms with E-state index in [0.717, 1.165) is 14.3 Å². The second-order valence-electron chi connectivity index (χ2n) is 3.11. The van der Waals surface area contributed by atoms with Crippen molar-refractivity contribution >= 4 is 40.1 Å². The Morgan fingerprint density at radius 1 is 1.38 bits per heavy atom. The minimum Gasteiger partial charge on any atom is -0.340 e. The minimum atomic E-state index is 0.123. The maximum Gasteiger partial charge on any atom is 0.173 e. The number of halogens is 1. The van der Waals surface area contributed by atoms with E-state index >= 15 is 0 Å². The fourth-order valence-electron chi connectivity index (χ4n) is 1.18. The smallest absolute Gasteiger partial charge is 0.173 e. The van der Waals surface area contributed by atoms with E-state index in [4.69, 9.17) is 0 Å². The number of hydrogen-bond acceptors (Lipinski definition) is 3. The minimum absolute atomic E-state index is 0.123. The third-order valence-electron chi connectivity index (χ3n) is 1.98. The average molecular weight is 344 g/mol. The van der Waals surface area contributed by atoms with Gasteiger partial charge in [0.1, 0.15) is 0 Å². The van der Waals surface area contributed by atoms with Gasteiger partial charge in [-0.1, -0.05) is 23.9 Å². The van der Waals surface area contributed by atoms with Gasteiger partial charge < -0.3 is 4.98 Å². The molecule has 82 valence electrons. The van der Waals surface area contributed by atoms with E-state index in [1.54, 1.807) is 12.4 Å². The number of thioether (sulfide) groups is 1. The summed E-state index contributed by atoms with van der Waals surface area (Å²) in [5, 5.41) is 0.777. The van der Waals surface area contributed by atoms with Gasteiger partial charge >= 0.3 is 0 Å². The van der Waals surface area contributed by atoms with Gasteiger partial charge in [-0.25, -0.2) is 4.98 Å². The van der Waals surface area contributed by atoms with E-state index in [1.807, 2.05) is 24.3 Å². The third kappa shape index (κ3) is 3.08. The number of nitrogens with zero attached hydrogens (tertiary/aromatic N) is 1. The van der Waals surface area contributed by atoms with Crippen LogP contribution in [0, 0.1) is 3.57 Å². The van der Waals surface area contributed by atoms with Crippen molar-refractivity contribution in [3.63, 3.8) is 0 Å². The first-order valence-electron chi connectivity index (χ1n) is 4.66. The number of carbonyl (C=O) groups is 1. The molecule has 0 saturated heterocycles. The van der Waals surface area contributed by atoms with Crippen LogP contribution in [-0.2, 0) is 0 Å². The van der Waals surface area contributed by atoms with Crippen molar-refractivity contribution in [1.29, 1.82) is 0 Å². The van der Waals surface area contributed by atoms with Crippen molar-refractivity contribution in [3.05, 3.63) is 45.8 Å². The van der Waals surface area contributed by atoms with Gasteiger partial charge in [-0.15, -0.1) is 0 Å². The Kier molecular flexibility index (Phi) is 4.00. The van der Waals surface area contributed by atoms with Crippen molar-refractivity contribution in [2.24, 2.45) is 0 Å². The van der Waals surface area contributed by atoms with Crippen LogP contribution in [-0.4, -0.2) is 21.5 Å². The number of aromatic nitrogens is 2. The Morgan fingerprint density at radius 3 is 2.75 bits per heavy atom. The molecule has 0 amide bonds. The fourth-order valence-corrected chi connectivity index (χ4v) is 2.26. The Labute approximate surface area is 111 Å². The largest absolute Gasteiger partial charge is 0.340 e. The summed E-state index contributed by atoms with van der Waals surface area (Å²) in [4.78, 5) is 18.8. The number of nitrogens with one attached hydrogen (secondary N) is 1. The van der Waals surface area contributed by atoms with Crippen molar-refractivity contribution in [3.8, 4) is 0 Å². The predicted octanol–water partition coefficient (Wildman–Crippen LogP) is 2.99. The van der Waals surface area contributed by atoms with Crippen molar-refractivity contribution < 1.29 is 4.79 Å². The molecule has 16 heavy (non-hydrogen) atoms. The molecule has 0 bridgehead atoms. The van der Waals surface area contributed by atoms with Gasteiger partial charge in [0.2, 0.25) is 0 Å². The maximum atomic E-state index is 11.8. The second-order valence-corrected chi connectivity index (χ2v) is 5.32. The Balaban J connectivity index is 1.95. The monoisotopic (exact) mass is 344 g/mol. The Hall–Kier alpha value is -0.820. The molecular weight excluding hydrogens is 335 g/mol. The van der Waals surface area contributed by atoms with Gasteiger partial charge in [-0.05, 0) is 34.7 Å². The van der Waals surface area contributed by atoms with Gasteiger partial charge in [0.15, 0.2) is 10.9 Å². The molecule has 1 N–H and O–H groups in total. The van der Waals surface area contributed by atoms with Gasteiger partial charge in [0.25, 0.3) is 0 Å². The van der Waals surface area contributed by atoms with E-state index in [1.165, 1.54) is 11.8 Å². The lowest BCUT2D eigenvalue weighted by molar-refractivity contribution is 0.102. The van der Waals surface area contributed by atoms with Gasteiger partial charge in [0, 0.05) is 21.5 Å². The number of hydrogen-bond donors (Lipinski definition) is 1. The highest BCUT2D eigenvalue weighted by molar-refractivity contribution is 14.1. The molecule has 1 aromatic heterocycles. The van der Waals surface area contributed by atoms with Crippen LogP contribution < -0.4 is 0 Å². The summed E-state index contributed by atoms with van der Waals surface area (Å²) in [6.45, 7) is 0. The zero-order valence-corrected chi connectivity index (χ0v) is 11.3. The number of ketones is 1. The number of benzene rings is 1. The highest BCUT2D eigenvalue weighted by Crippen LogP contribution is 2.15. The number of aromatic amines is 1. The second kappa shape index (κ2) is 5.49. The molecule has 0 atom stereocenters. The molecule has 2 aromatic rings. The van der Waals surface area contributed by atoms with Crippen molar-refractivity contribution in [1.82, 2.24) is 9.97 Å². The van der Waals surface area contributed by atoms with Crippen LogP contribution in [0.1, 0.15) is 10.4 Å². The number of Topliss-reactive ketones (excluding diaryl/α,β-unsaturated/α-hetero) is 1. The summed E-state index contributed by atoms with van der Waals surface area (Å²) in [5.41, 5.74) is 0.750. The van der Waals surface area contributed by atoms with Gasteiger partial charge in [0.05, 0.1) is 5.75 Å². The molecule has 0 spiro atoms. The maximum absolute atomic E-state index is 11.8. The van der Waals surface area contributed by atoms with Crippen molar-refractivity contribution in [2.75, 3.05) is 5.75 Å². The zero-order chi connectivity index (χ0) is 11.4. The lowest BCUT2D eigenvalue weighted by atomic mass is 10.2. The third-order valence-corrected chi connectivity index (χ3v) is 3.60. The lowest BCUT2D eigenvalue weighted by Gasteiger charge is -1.99. The standard InChI is InChI=1S/C11H9IN2OS/c12-9-3-1-8(2-4-9)10(15)7-16-11-13-5-6-14-11/h1-6H,7H2,(H,13,14). The Bertz CT molecular complexity index is 467. The first-order valence-corrected chi connectivity index (χ1v) is 6.73. The highest BCUT2D eigenvalue weighted by atomic mass is 127. The molecule has 0 fully saturated rings. The van der Waals surface area contributed by atoms with Crippen LogP contribution in [0.15, 0.2) is 41.8 Å². The summed E-state index contributed by atoms with van der Waals surface area (Å²) in [5.74, 6) is 0.534. The molecule has 0 aliphatic heterocycles. The highest BCUT2D eigenvalue weighted by Gasteiger charge is 2.07. The van der Waals surface area contributed by atoms with Gasteiger partial charge in [-0.2, -0.15) is 0 Å². The van der Waals surface area contributed by atoms with E-state index in [2.05, 4.69) is 32.6 Å². The lowest BCUT2D eigenvalue weighted by Crippen LogP contribution is -2.02. The number of carbonyl (C=O) groups excluding carboxylic acids is 1. The molecule has 2 rings (SSSR count). The van der Waals surface area contributed by atoms with Crippen LogP contribution in [0.4, 0.5) is 0 Å². The topological polar surface area (TPSA) is 45.8 Å². The predicted molar refractivity (Wildman–Crippen MR) is 72.8 cm³/mol. The molecule has 3 nitrogen and oxygen atoms in total. The van der Waals surface area contributed by atoms with E-state index < -0.39 is 0 Å². The van der Waals surface area contributed by atoms with Gasteiger partial charge in [-0.3, -0.25) is 4.79 Å². The van der Waals surface area contributed by atoms with E-state index in [-0.39, 0.29) is 5.78 Å². The number of H-pyrrole nitrogens is 1. The SMILES string of the molecule is O=C(CSc1ncc[nH]1)c1ccc(I)cc1. The normalized spacial score (nSPS) is 10.3. The molecule has 5 heteroatoms. The van der Waals surface area contributed by atoms with E-state index in [9.17, 15) is 4.79 Å². The summed E-state index contributed by atoms with van der Waals surface area (Å²) < 4.78 is 1.13. The van der Waals surface area contributed by atoms with Crippen LogP contribution in [0.3, 0.4) is 0 Å². The Morgan fingerprint density at radius 2 is 2.12 bits per heavy atom. The summed E-state index contributed by atoms with van der Waals surface area (Å²) in [6.07, 6.45) is 3.43. The molecule has 0 aliphatic carbocycles. The molecule has 1 heterocycles. The summed E-state index contributed by atoms with van der Waals surface area (Å²) >= 11 is 3.63. The quantitative estimate of drug-likeness (QED) is 0.527.